The Hall–Kier alpha value is 1.19. The van der Waals surface area contributed by atoms with Crippen LogP contribution in [-0.4, -0.2) is 14.5 Å². The molecule has 0 saturated heterocycles. The summed E-state index contributed by atoms with van der Waals surface area (Å²) in [4.78, 5) is 5.99. The number of hydrogen-bond donors (Lipinski definition) is 0. The van der Waals surface area contributed by atoms with Gasteiger partial charge in [-0.1, -0.05) is 0 Å². The third kappa shape index (κ3) is 5.06. The predicted octanol–water partition coefficient (Wildman–Crippen LogP) is -5.65. The van der Waals surface area contributed by atoms with Crippen LogP contribution in [-0.2, 0) is 0 Å². The first-order chi connectivity index (χ1) is 2.50. The third-order valence-corrected chi connectivity index (χ3v) is 1.40. The van der Waals surface area contributed by atoms with E-state index in [-0.39, 0.29) is 37.7 Å². The summed E-state index contributed by atoms with van der Waals surface area (Å²) in [5.41, 5.74) is 0. The molecule has 0 aliphatic carbocycles. The van der Waals surface area contributed by atoms with Gasteiger partial charge >= 0.3 is 74.2 Å². The fourth-order valence-electron chi connectivity index (χ4n) is 0.170. The van der Waals surface area contributed by atoms with Crippen LogP contribution in [0.4, 0.5) is 0 Å². The van der Waals surface area contributed by atoms with Crippen LogP contribution in [0.25, 0.3) is 0 Å². The topological polar surface area (TPSA) is 0 Å². The van der Waals surface area contributed by atoms with E-state index in [4.69, 9.17) is 0 Å². The van der Waals surface area contributed by atoms with Gasteiger partial charge in [0.15, 0.2) is 0 Å². The molecule has 0 fully saturated rings. The van der Waals surface area contributed by atoms with Crippen LogP contribution in [0.5, 0.6) is 0 Å². The fourth-order valence-corrected chi connectivity index (χ4v) is 0.884. The molecule has 0 unspecified atom stereocenters. The standard InChI is InChI=1S/C4H2Se.2Li/c1-2-4-5-3-1;;/h1-2H;;/q-2;2*+1. The molecule has 26 valence electrons. The molecule has 0 amide bonds. The van der Waals surface area contributed by atoms with E-state index in [0.29, 0.717) is 14.5 Å². The summed E-state index contributed by atoms with van der Waals surface area (Å²) in [5.74, 6) is 0. The van der Waals surface area contributed by atoms with Crippen LogP contribution in [0.2, 0.25) is 0 Å². The van der Waals surface area contributed by atoms with Crippen molar-refractivity contribution in [2.75, 3.05) is 0 Å². The molecule has 0 bridgehead atoms. The molecule has 0 aromatic carbocycles. The fraction of sp³-hybridized carbons (Fsp3) is 0. The first-order valence-electron chi connectivity index (χ1n) is 1.32. The molecule has 1 aromatic heterocycles. The van der Waals surface area contributed by atoms with Gasteiger partial charge in [0.25, 0.3) is 0 Å². The zero-order valence-electron chi connectivity index (χ0n) is 4.56. The first-order valence-corrected chi connectivity index (χ1v) is 3.03. The quantitative estimate of drug-likeness (QED) is 0.251. The summed E-state index contributed by atoms with van der Waals surface area (Å²) in [7, 11) is 0. The zero-order chi connectivity index (χ0) is 3.54. The molecule has 0 radical (unpaired) electrons. The van der Waals surface area contributed by atoms with Crippen molar-refractivity contribution in [2.24, 2.45) is 0 Å². The van der Waals surface area contributed by atoms with Gasteiger partial charge < -0.3 is 0 Å². The van der Waals surface area contributed by atoms with E-state index in [2.05, 4.69) is 9.88 Å². The molecular formula is C4H2Li2Se. The molecular weight excluding hydrogens is 141 g/mol. The van der Waals surface area contributed by atoms with Gasteiger partial charge in [-0.15, -0.1) is 0 Å². The average Bonchev–Trinajstić information content (AvgIpc) is 1.76. The van der Waals surface area contributed by atoms with Gasteiger partial charge in [0.05, 0.1) is 0 Å². The van der Waals surface area contributed by atoms with Crippen molar-refractivity contribution in [3.8, 4) is 0 Å². The Morgan fingerprint density at radius 3 is 1.57 bits per heavy atom. The molecule has 1 aromatic rings. The first kappa shape index (κ1) is 11.1. The Labute approximate surface area is 73.8 Å². The summed E-state index contributed by atoms with van der Waals surface area (Å²) >= 11 is 0.458. The summed E-state index contributed by atoms with van der Waals surface area (Å²) in [5, 5.41) is 0. The second-order valence-electron chi connectivity index (χ2n) is 0.671. The maximum absolute atomic E-state index is 2.99. The van der Waals surface area contributed by atoms with E-state index in [9.17, 15) is 0 Å². The predicted molar refractivity (Wildman–Crippen MR) is 21.1 cm³/mol. The second-order valence-corrected chi connectivity index (χ2v) is 2.09. The molecule has 7 heavy (non-hydrogen) atoms. The van der Waals surface area contributed by atoms with Gasteiger partial charge in [0.2, 0.25) is 0 Å². The van der Waals surface area contributed by atoms with Gasteiger partial charge in [0, 0.05) is 0 Å². The van der Waals surface area contributed by atoms with Gasteiger partial charge in [-0.2, -0.15) is 0 Å². The van der Waals surface area contributed by atoms with Gasteiger partial charge in [-0.3, -0.25) is 0 Å². The molecule has 1 heterocycles. The minimum atomic E-state index is 0. The van der Waals surface area contributed by atoms with Crippen LogP contribution >= 0.6 is 0 Å². The van der Waals surface area contributed by atoms with Gasteiger partial charge in [-0.05, 0) is 0 Å². The summed E-state index contributed by atoms with van der Waals surface area (Å²) in [6.45, 7) is 0. The van der Waals surface area contributed by atoms with Crippen molar-refractivity contribution in [1.29, 1.82) is 0 Å². The Morgan fingerprint density at radius 2 is 1.43 bits per heavy atom. The van der Waals surface area contributed by atoms with E-state index in [1.807, 2.05) is 12.1 Å². The molecule has 0 atom stereocenters. The normalized spacial score (nSPS) is 5.71. The summed E-state index contributed by atoms with van der Waals surface area (Å²) < 4.78 is 0. The number of hydrogen-bond acceptors (Lipinski definition) is 0. The summed E-state index contributed by atoms with van der Waals surface area (Å²) in [6, 6.07) is 3.81. The van der Waals surface area contributed by atoms with Gasteiger partial charge in [-0.25, -0.2) is 0 Å². The van der Waals surface area contributed by atoms with Crippen LogP contribution < -0.4 is 37.7 Å². The molecule has 0 aliphatic heterocycles. The minimum absolute atomic E-state index is 0. The van der Waals surface area contributed by atoms with E-state index in [1.54, 1.807) is 0 Å². The van der Waals surface area contributed by atoms with Crippen LogP contribution in [0.1, 0.15) is 0 Å². The van der Waals surface area contributed by atoms with Crippen molar-refractivity contribution < 1.29 is 37.7 Å². The summed E-state index contributed by atoms with van der Waals surface area (Å²) in [6.07, 6.45) is 0. The molecule has 3 heteroatoms. The molecule has 1 rings (SSSR count). The van der Waals surface area contributed by atoms with E-state index in [1.165, 1.54) is 0 Å². The van der Waals surface area contributed by atoms with E-state index < -0.39 is 0 Å². The number of rotatable bonds is 0. The molecule has 0 saturated carbocycles. The van der Waals surface area contributed by atoms with Crippen molar-refractivity contribution in [3.05, 3.63) is 22.0 Å². The zero-order valence-corrected chi connectivity index (χ0v) is 6.28. The average molecular weight is 143 g/mol. The van der Waals surface area contributed by atoms with Crippen LogP contribution in [0.3, 0.4) is 0 Å². The van der Waals surface area contributed by atoms with Crippen molar-refractivity contribution in [2.45, 2.75) is 0 Å². The molecule has 0 spiro atoms. The van der Waals surface area contributed by atoms with Crippen molar-refractivity contribution in [1.82, 2.24) is 0 Å². The van der Waals surface area contributed by atoms with E-state index >= 15 is 0 Å². The van der Waals surface area contributed by atoms with E-state index in [0.717, 1.165) is 0 Å². The molecule has 0 N–H and O–H groups in total. The monoisotopic (exact) mass is 144 g/mol. The van der Waals surface area contributed by atoms with Crippen LogP contribution in [0.15, 0.2) is 12.1 Å². The molecule has 0 aliphatic rings. The Kier molecular flexibility index (Phi) is 11.4. The van der Waals surface area contributed by atoms with Crippen molar-refractivity contribution >= 4 is 14.5 Å². The van der Waals surface area contributed by atoms with Crippen molar-refractivity contribution in [3.63, 3.8) is 0 Å². The van der Waals surface area contributed by atoms with Crippen LogP contribution in [0, 0.1) is 9.88 Å². The Bertz CT molecular complexity index is 66.2. The third-order valence-electron chi connectivity index (χ3n) is 0.337. The van der Waals surface area contributed by atoms with Gasteiger partial charge in [0.1, 0.15) is 0 Å². The second kappa shape index (κ2) is 7.19. The molecule has 0 nitrogen and oxygen atoms in total. The SMILES string of the molecule is [Li+].[Li+].[c-]1cc[c-][se]1. The Balaban J connectivity index is 0. The maximum atomic E-state index is 2.99. The Morgan fingerprint density at radius 1 is 1.00 bits per heavy atom.